The second-order valence-corrected chi connectivity index (χ2v) is 6.49. The lowest BCUT2D eigenvalue weighted by Crippen LogP contribution is -2.12. The van der Waals surface area contributed by atoms with Gasteiger partial charge in [0.1, 0.15) is 11.5 Å². The zero-order chi connectivity index (χ0) is 20.1. The number of carbonyl (C=O) groups is 2. The third-order valence-corrected chi connectivity index (χ3v) is 4.74. The first-order valence-corrected chi connectivity index (χ1v) is 9.11. The lowest BCUT2D eigenvalue weighted by molar-refractivity contribution is 0.0600. The molecule has 0 radical (unpaired) electrons. The SMILES string of the molecule is COC(=O)c1ccc(C(=O)Nc2nc(-c3ccc(OC)cc3OC)cs2)cc1. The van der Waals surface area contributed by atoms with E-state index in [9.17, 15) is 9.59 Å². The summed E-state index contributed by atoms with van der Waals surface area (Å²) in [5, 5.41) is 5.05. The molecule has 7 nitrogen and oxygen atoms in total. The molecular weight excluding hydrogens is 380 g/mol. The summed E-state index contributed by atoms with van der Waals surface area (Å²) in [6.07, 6.45) is 0. The molecule has 0 aliphatic heterocycles. The van der Waals surface area contributed by atoms with Crippen LogP contribution >= 0.6 is 11.3 Å². The minimum absolute atomic E-state index is 0.320. The molecule has 3 aromatic rings. The molecule has 1 N–H and O–H groups in total. The minimum Gasteiger partial charge on any atom is -0.497 e. The molecule has 0 saturated carbocycles. The number of carbonyl (C=O) groups excluding carboxylic acids is 2. The van der Waals surface area contributed by atoms with Crippen LogP contribution in [0.1, 0.15) is 20.7 Å². The fourth-order valence-electron chi connectivity index (χ4n) is 2.51. The number of amides is 1. The molecule has 0 bridgehead atoms. The zero-order valence-corrected chi connectivity index (χ0v) is 16.3. The summed E-state index contributed by atoms with van der Waals surface area (Å²) in [6, 6.07) is 11.6. The van der Waals surface area contributed by atoms with Gasteiger partial charge in [0.15, 0.2) is 5.13 Å². The summed E-state index contributed by atoms with van der Waals surface area (Å²) in [5.41, 5.74) is 2.26. The second kappa shape index (κ2) is 8.53. The molecule has 1 amide bonds. The van der Waals surface area contributed by atoms with E-state index in [0.717, 1.165) is 5.56 Å². The average molecular weight is 398 g/mol. The maximum Gasteiger partial charge on any atom is 0.337 e. The summed E-state index contributed by atoms with van der Waals surface area (Å²) in [6.45, 7) is 0. The number of nitrogens with zero attached hydrogens (tertiary/aromatic N) is 1. The molecule has 144 valence electrons. The largest absolute Gasteiger partial charge is 0.497 e. The van der Waals surface area contributed by atoms with Gasteiger partial charge in [-0.25, -0.2) is 9.78 Å². The number of thiazole rings is 1. The zero-order valence-electron chi connectivity index (χ0n) is 15.5. The summed E-state index contributed by atoms with van der Waals surface area (Å²) >= 11 is 1.30. The maximum absolute atomic E-state index is 12.4. The third kappa shape index (κ3) is 4.12. The van der Waals surface area contributed by atoms with Crippen molar-refractivity contribution in [3.63, 3.8) is 0 Å². The molecule has 0 saturated heterocycles. The van der Waals surface area contributed by atoms with Gasteiger partial charge in [0.2, 0.25) is 0 Å². The first-order chi connectivity index (χ1) is 13.5. The van der Waals surface area contributed by atoms with Crippen LogP contribution in [-0.2, 0) is 4.74 Å². The Morgan fingerprint density at radius 2 is 1.68 bits per heavy atom. The van der Waals surface area contributed by atoms with E-state index in [4.69, 9.17) is 9.47 Å². The van der Waals surface area contributed by atoms with Gasteiger partial charge in [-0.3, -0.25) is 10.1 Å². The van der Waals surface area contributed by atoms with Gasteiger partial charge in [-0.2, -0.15) is 0 Å². The Bertz CT molecular complexity index is 998. The quantitative estimate of drug-likeness (QED) is 0.635. The Morgan fingerprint density at radius 1 is 0.964 bits per heavy atom. The monoisotopic (exact) mass is 398 g/mol. The number of hydrogen-bond acceptors (Lipinski definition) is 7. The van der Waals surface area contributed by atoms with Gasteiger partial charge in [-0.15, -0.1) is 11.3 Å². The molecule has 0 spiro atoms. The molecule has 0 aliphatic carbocycles. The van der Waals surface area contributed by atoms with Gasteiger partial charge in [0.05, 0.1) is 32.6 Å². The predicted octanol–water partition coefficient (Wildman–Crippen LogP) is 3.87. The van der Waals surface area contributed by atoms with Gasteiger partial charge in [0.25, 0.3) is 5.91 Å². The first kappa shape index (κ1) is 19.4. The minimum atomic E-state index is -0.454. The van der Waals surface area contributed by atoms with Gasteiger partial charge >= 0.3 is 5.97 Å². The van der Waals surface area contributed by atoms with Crippen LogP contribution in [0.2, 0.25) is 0 Å². The molecule has 2 aromatic carbocycles. The highest BCUT2D eigenvalue weighted by molar-refractivity contribution is 7.14. The number of esters is 1. The third-order valence-electron chi connectivity index (χ3n) is 3.98. The molecule has 1 heterocycles. The van der Waals surface area contributed by atoms with Crippen molar-refractivity contribution in [3.05, 3.63) is 59.0 Å². The van der Waals surface area contributed by atoms with Crippen molar-refractivity contribution in [1.29, 1.82) is 0 Å². The molecule has 0 fully saturated rings. The van der Waals surface area contributed by atoms with Crippen LogP contribution < -0.4 is 14.8 Å². The van der Waals surface area contributed by atoms with Crippen molar-refractivity contribution in [1.82, 2.24) is 4.98 Å². The molecule has 0 aliphatic rings. The first-order valence-electron chi connectivity index (χ1n) is 8.23. The molecule has 3 rings (SSSR count). The summed E-state index contributed by atoms with van der Waals surface area (Å²) in [5.74, 6) is 0.532. The predicted molar refractivity (Wildman–Crippen MR) is 106 cm³/mol. The fourth-order valence-corrected chi connectivity index (χ4v) is 3.22. The number of aromatic nitrogens is 1. The number of hydrogen-bond donors (Lipinski definition) is 1. The second-order valence-electron chi connectivity index (χ2n) is 5.63. The van der Waals surface area contributed by atoms with Gasteiger partial charge in [-0.1, -0.05) is 0 Å². The van der Waals surface area contributed by atoms with E-state index in [1.165, 1.54) is 30.6 Å². The van der Waals surface area contributed by atoms with Crippen molar-refractivity contribution in [2.75, 3.05) is 26.6 Å². The Kier molecular flexibility index (Phi) is 5.90. The van der Waals surface area contributed by atoms with E-state index in [0.29, 0.717) is 33.5 Å². The Labute approximate surface area is 165 Å². The van der Waals surface area contributed by atoms with E-state index in [2.05, 4.69) is 15.0 Å². The van der Waals surface area contributed by atoms with E-state index in [1.54, 1.807) is 32.4 Å². The lowest BCUT2D eigenvalue weighted by atomic mass is 10.1. The van der Waals surface area contributed by atoms with Gasteiger partial charge in [-0.05, 0) is 36.4 Å². The maximum atomic E-state index is 12.4. The van der Waals surface area contributed by atoms with E-state index < -0.39 is 5.97 Å². The molecule has 0 unspecified atom stereocenters. The van der Waals surface area contributed by atoms with E-state index in [1.807, 2.05) is 17.5 Å². The number of nitrogens with one attached hydrogen (secondary N) is 1. The van der Waals surface area contributed by atoms with Crippen LogP contribution in [0.25, 0.3) is 11.3 Å². The molecular formula is C20H18N2O5S. The van der Waals surface area contributed by atoms with Crippen LogP contribution in [0.15, 0.2) is 47.8 Å². The van der Waals surface area contributed by atoms with Gasteiger partial charge in [0, 0.05) is 22.6 Å². The standard InChI is InChI=1S/C20H18N2O5S/c1-25-14-8-9-15(17(10-14)26-2)16-11-28-20(21-16)22-18(23)12-4-6-13(7-5-12)19(24)27-3/h4-11H,1-3H3,(H,21,22,23). The highest BCUT2D eigenvalue weighted by atomic mass is 32.1. The van der Waals surface area contributed by atoms with Crippen LogP contribution in [-0.4, -0.2) is 38.2 Å². The molecule has 0 atom stereocenters. The Morgan fingerprint density at radius 3 is 2.32 bits per heavy atom. The molecule has 1 aromatic heterocycles. The fraction of sp³-hybridized carbons (Fsp3) is 0.150. The highest BCUT2D eigenvalue weighted by Gasteiger charge is 2.14. The summed E-state index contributed by atoms with van der Waals surface area (Å²) < 4.78 is 15.2. The number of anilines is 1. The van der Waals surface area contributed by atoms with Crippen LogP contribution in [0.3, 0.4) is 0 Å². The van der Waals surface area contributed by atoms with Crippen molar-refractivity contribution in [2.45, 2.75) is 0 Å². The highest BCUT2D eigenvalue weighted by Crippen LogP contribution is 2.34. The average Bonchev–Trinajstić information content (AvgIpc) is 3.20. The van der Waals surface area contributed by atoms with Crippen LogP contribution in [0.5, 0.6) is 11.5 Å². The normalized spacial score (nSPS) is 10.2. The van der Waals surface area contributed by atoms with E-state index in [-0.39, 0.29) is 5.91 Å². The van der Waals surface area contributed by atoms with Gasteiger partial charge < -0.3 is 14.2 Å². The number of benzene rings is 2. The topological polar surface area (TPSA) is 86.8 Å². The van der Waals surface area contributed by atoms with Crippen molar-refractivity contribution in [3.8, 4) is 22.8 Å². The Hall–Kier alpha value is -3.39. The lowest BCUT2D eigenvalue weighted by Gasteiger charge is -2.08. The summed E-state index contributed by atoms with van der Waals surface area (Å²) in [7, 11) is 4.47. The number of rotatable bonds is 6. The van der Waals surface area contributed by atoms with Crippen LogP contribution in [0, 0.1) is 0 Å². The number of methoxy groups -OCH3 is 3. The van der Waals surface area contributed by atoms with Crippen molar-refractivity contribution >= 4 is 28.3 Å². The van der Waals surface area contributed by atoms with Crippen LogP contribution in [0.4, 0.5) is 5.13 Å². The van der Waals surface area contributed by atoms with E-state index >= 15 is 0 Å². The molecule has 28 heavy (non-hydrogen) atoms. The van der Waals surface area contributed by atoms with Crippen molar-refractivity contribution < 1.29 is 23.8 Å². The van der Waals surface area contributed by atoms with Crippen molar-refractivity contribution in [2.24, 2.45) is 0 Å². The smallest absolute Gasteiger partial charge is 0.337 e. The molecule has 8 heteroatoms. The number of ether oxygens (including phenoxy) is 3. The Balaban J connectivity index is 1.76. The summed E-state index contributed by atoms with van der Waals surface area (Å²) in [4.78, 5) is 28.3.